The summed E-state index contributed by atoms with van der Waals surface area (Å²) < 4.78 is 50.6. The van der Waals surface area contributed by atoms with E-state index in [4.69, 9.17) is 9.47 Å². The predicted octanol–water partition coefficient (Wildman–Crippen LogP) is 7.16. The van der Waals surface area contributed by atoms with Gasteiger partial charge in [-0.15, -0.1) is 0 Å². The number of amides is 2. The van der Waals surface area contributed by atoms with Crippen molar-refractivity contribution in [2.45, 2.75) is 77.9 Å². The number of benzene rings is 2. The molecule has 1 aromatic heterocycles. The fourth-order valence-corrected chi connectivity index (χ4v) is 5.82. The van der Waals surface area contributed by atoms with Crippen molar-refractivity contribution < 1.29 is 32.2 Å². The lowest BCUT2D eigenvalue weighted by molar-refractivity contribution is -0.137. The lowest BCUT2D eigenvalue weighted by Gasteiger charge is -2.32. The fourth-order valence-electron chi connectivity index (χ4n) is 5.82. The Morgan fingerprint density at radius 3 is 2.17 bits per heavy atom. The smallest absolute Gasteiger partial charge is 0.416 e. The Hall–Kier alpha value is -4.19. The Morgan fingerprint density at radius 2 is 1.56 bits per heavy atom. The summed E-state index contributed by atoms with van der Waals surface area (Å²) in [5, 5.41) is 3.13. The van der Waals surface area contributed by atoms with Gasteiger partial charge in [-0.3, -0.25) is 9.59 Å². The minimum atomic E-state index is -4.42. The van der Waals surface area contributed by atoms with Gasteiger partial charge in [0.2, 0.25) is 17.7 Å². The molecule has 48 heavy (non-hydrogen) atoms. The normalized spacial score (nSPS) is 14.0. The zero-order valence-electron chi connectivity index (χ0n) is 28.0. The molecule has 260 valence electrons. The number of carbonyl (C=O) groups excluding carboxylic acids is 2. The highest BCUT2D eigenvalue weighted by Gasteiger charge is 2.30. The topological polar surface area (TPSA) is 96.9 Å². The maximum Gasteiger partial charge on any atom is 0.416 e. The summed E-state index contributed by atoms with van der Waals surface area (Å²) in [7, 11) is 0. The van der Waals surface area contributed by atoms with E-state index in [9.17, 15) is 22.8 Å². The molecule has 1 aliphatic heterocycles. The van der Waals surface area contributed by atoms with Crippen LogP contribution in [0.25, 0.3) is 11.1 Å². The number of aromatic nitrogens is 2. The zero-order chi connectivity index (χ0) is 34.5. The van der Waals surface area contributed by atoms with Gasteiger partial charge in [-0.1, -0.05) is 43.7 Å². The van der Waals surface area contributed by atoms with Crippen molar-refractivity contribution in [1.29, 1.82) is 0 Å². The van der Waals surface area contributed by atoms with Gasteiger partial charge in [0.15, 0.2) is 5.69 Å². The number of ether oxygens (including phenoxy) is 2. The second-order valence-electron chi connectivity index (χ2n) is 11.8. The highest BCUT2D eigenvalue weighted by atomic mass is 19.4. The molecule has 0 saturated carbocycles. The summed E-state index contributed by atoms with van der Waals surface area (Å²) in [4.78, 5) is 39.4. The third kappa shape index (κ3) is 9.91. The van der Waals surface area contributed by atoms with Crippen LogP contribution in [0.15, 0.2) is 54.9 Å². The largest absolute Gasteiger partial charge is 0.476 e. The first-order valence-electron chi connectivity index (χ1n) is 16.9. The number of nitrogens with one attached hydrogen (secondary N) is 1. The van der Waals surface area contributed by atoms with Crippen LogP contribution >= 0.6 is 0 Å². The molecule has 0 aliphatic carbocycles. The number of halogens is 3. The number of alkyl halides is 3. The molecule has 1 N–H and O–H groups in total. The molecule has 2 aromatic carbocycles. The van der Waals surface area contributed by atoms with E-state index in [0.717, 1.165) is 70.3 Å². The van der Waals surface area contributed by atoms with Crippen LogP contribution in [0, 0.1) is 0 Å². The SMILES string of the molecule is CCCCN(C(=O)CCCCN1CCC(NC(=O)c2ccccc2-c2ccc(C(F)(F)F)cc2)CC1)c1c(OCC)ncnc1OCC. The van der Waals surface area contributed by atoms with Crippen LogP contribution in [-0.2, 0) is 11.0 Å². The molecule has 0 radical (unpaired) electrons. The van der Waals surface area contributed by atoms with Crippen LogP contribution in [0.2, 0.25) is 0 Å². The molecule has 2 amide bonds. The minimum Gasteiger partial charge on any atom is -0.476 e. The second kappa shape index (κ2) is 17.8. The average molecular weight is 670 g/mol. The van der Waals surface area contributed by atoms with Gasteiger partial charge in [-0.2, -0.15) is 23.1 Å². The van der Waals surface area contributed by atoms with Crippen LogP contribution in [-0.4, -0.2) is 72.1 Å². The van der Waals surface area contributed by atoms with E-state index in [1.165, 1.54) is 18.5 Å². The molecule has 0 bridgehead atoms. The Labute approximate surface area is 280 Å². The molecule has 4 rings (SSSR count). The Bertz CT molecular complexity index is 1450. The maximum atomic E-state index is 13.5. The van der Waals surface area contributed by atoms with Crippen molar-refractivity contribution in [3.63, 3.8) is 0 Å². The minimum absolute atomic E-state index is 0.00437. The first-order valence-corrected chi connectivity index (χ1v) is 16.9. The molecular weight excluding hydrogens is 623 g/mol. The van der Waals surface area contributed by atoms with Crippen molar-refractivity contribution >= 4 is 17.5 Å². The Kier molecular flexibility index (Phi) is 13.6. The number of carbonyl (C=O) groups is 2. The monoisotopic (exact) mass is 669 g/mol. The van der Waals surface area contributed by atoms with Gasteiger partial charge < -0.3 is 24.6 Å². The van der Waals surface area contributed by atoms with Crippen molar-refractivity contribution in [2.24, 2.45) is 0 Å². The molecule has 0 atom stereocenters. The molecule has 0 spiro atoms. The summed E-state index contributed by atoms with van der Waals surface area (Å²) in [6, 6.07) is 11.8. The molecule has 1 saturated heterocycles. The number of hydrogen-bond donors (Lipinski definition) is 1. The van der Waals surface area contributed by atoms with Gasteiger partial charge in [0, 0.05) is 37.7 Å². The Balaban J connectivity index is 1.27. The summed E-state index contributed by atoms with van der Waals surface area (Å²) in [6.07, 6.45) is 2.24. The van der Waals surface area contributed by atoms with Crippen molar-refractivity contribution in [3.8, 4) is 22.9 Å². The number of likely N-dealkylation sites (tertiary alicyclic amines) is 1. The number of nitrogens with zero attached hydrogens (tertiary/aromatic N) is 4. The predicted molar refractivity (Wildman–Crippen MR) is 179 cm³/mol. The average Bonchev–Trinajstić information content (AvgIpc) is 3.08. The zero-order valence-corrected chi connectivity index (χ0v) is 28.0. The molecule has 12 heteroatoms. The number of rotatable bonds is 16. The first-order chi connectivity index (χ1) is 23.2. The quantitative estimate of drug-likeness (QED) is 0.162. The summed E-state index contributed by atoms with van der Waals surface area (Å²) in [5.41, 5.74) is 1.34. The number of hydrogen-bond acceptors (Lipinski definition) is 7. The molecule has 2 heterocycles. The van der Waals surface area contributed by atoms with Gasteiger partial charge >= 0.3 is 6.18 Å². The highest BCUT2D eigenvalue weighted by Crippen LogP contribution is 2.36. The van der Waals surface area contributed by atoms with Gasteiger partial charge in [0.05, 0.1) is 18.8 Å². The van der Waals surface area contributed by atoms with Crippen molar-refractivity contribution in [1.82, 2.24) is 20.2 Å². The molecular formula is C36H46F3N5O4. The van der Waals surface area contributed by atoms with E-state index in [1.807, 2.05) is 13.8 Å². The van der Waals surface area contributed by atoms with Gasteiger partial charge in [-0.25, -0.2) is 0 Å². The van der Waals surface area contributed by atoms with E-state index in [0.29, 0.717) is 60.3 Å². The first kappa shape index (κ1) is 36.6. The van der Waals surface area contributed by atoms with Crippen LogP contribution in [0.5, 0.6) is 11.8 Å². The van der Waals surface area contributed by atoms with Crippen molar-refractivity contribution in [2.75, 3.05) is 44.3 Å². The third-order valence-electron chi connectivity index (χ3n) is 8.36. The Morgan fingerprint density at radius 1 is 0.917 bits per heavy atom. The van der Waals surface area contributed by atoms with E-state index < -0.39 is 11.7 Å². The summed E-state index contributed by atoms with van der Waals surface area (Å²) >= 11 is 0. The van der Waals surface area contributed by atoms with Gasteiger partial charge in [-0.05, 0) is 81.8 Å². The molecule has 9 nitrogen and oxygen atoms in total. The van der Waals surface area contributed by atoms with Crippen LogP contribution < -0.4 is 19.7 Å². The molecule has 1 fully saturated rings. The lowest BCUT2D eigenvalue weighted by atomic mass is 9.97. The standard InChI is InChI=1S/C36H46F3N5O4/c1-4-7-22-44(32-34(47-5-2)40-25-41-35(32)48-6-3)31(45)14-10-11-21-43-23-19-28(20-24-43)42-33(46)30-13-9-8-12-29(30)26-15-17-27(18-16-26)36(37,38)39/h8-9,12-13,15-18,25,28H,4-7,10-11,14,19-24H2,1-3H3,(H,42,46). The van der Waals surface area contributed by atoms with E-state index in [2.05, 4.69) is 27.1 Å². The van der Waals surface area contributed by atoms with Crippen LogP contribution in [0.3, 0.4) is 0 Å². The summed E-state index contributed by atoms with van der Waals surface area (Å²) in [6.45, 7) is 9.63. The molecule has 3 aromatic rings. The summed E-state index contributed by atoms with van der Waals surface area (Å²) in [5.74, 6) is 0.439. The van der Waals surface area contributed by atoms with E-state index in [1.54, 1.807) is 29.2 Å². The highest BCUT2D eigenvalue weighted by molar-refractivity contribution is 6.01. The van der Waals surface area contributed by atoms with Crippen LogP contribution in [0.1, 0.15) is 81.6 Å². The lowest BCUT2D eigenvalue weighted by Crippen LogP contribution is -2.45. The van der Waals surface area contributed by atoms with E-state index in [-0.39, 0.29) is 17.9 Å². The number of unbranched alkanes of at least 4 members (excludes halogenated alkanes) is 2. The third-order valence-corrected chi connectivity index (χ3v) is 8.36. The second-order valence-corrected chi connectivity index (χ2v) is 11.8. The molecule has 0 unspecified atom stereocenters. The van der Waals surface area contributed by atoms with E-state index >= 15 is 0 Å². The fraction of sp³-hybridized carbons (Fsp3) is 0.500. The van der Waals surface area contributed by atoms with Crippen LogP contribution in [0.4, 0.5) is 18.9 Å². The number of anilines is 1. The van der Waals surface area contributed by atoms with Crippen molar-refractivity contribution in [3.05, 3.63) is 66.0 Å². The molecule has 1 aliphatic rings. The number of piperidine rings is 1. The van der Waals surface area contributed by atoms with Gasteiger partial charge in [0.25, 0.3) is 5.91 Å². The maximum absolute atomic E-state index is 13.5. The van der Waals surface area contributed by atoms with Gasteiger partial charge in [0.1, 0.15) is 6.33 Å².